The lowest BCUT2D eigenvalue weighted by molar-refractivity contribution is -0.148. The van der Waals surface area contributed by atoms with Crippen molar-refractivity contribution in [2.24, 2.45) is 23.2 Å². The van der Waals surface area contributed by atoms with E-state index in [2.05, 4.69) is 17.4 Å². The molecule has 0 amide bonds. The molecule has 0 radical (unpaired) electrons. The SMILES string of the molecule is O=C(CC1CCNCC1)C12CC3CC(C1)CC(c1ccc(O)cc1)(C3)C2. The summed E-state index contributed by atoms with van der Waals surface area (Å²) in [5.74, 6) is 2.97. The molecule has 4 saturated carbocycles. The van der Waals surface area contributed by atoms with E-state index in [0.29, 0.717) is 17.5 Å². The van der Waals surface area contributed by atoms with Crippen molar-refractivity contribution in [2.45, 2.75) is 63.2 Å². The Hall–Kier alpha value is -1.35. The van der Waals surface area contributed by atoms with E-state index >= 15 is 0 Å². The normalized spacial score (nSPS) is 39.2. The van der Waals surface area contributed by atoms with Crippen molar-refractivity contribution in [3.05, 3.63) is 29.8 Å². The van der Waals surface area contributed by atoms with Crippen LogP contribution in [-0.4, -0.2) is 24.0 Å². The van der Waals surface area contributed by atoms with Crippen molar-refractivity contribution in [1.82, 2.24) is 5.32 Å². The van der Waals surface area contributed by atoms with Crippen LogP contribution in [0.2, 0.25) is 0 Å². The van der Waals surface area contributed by atoms with Crippen molar-refractivity contribution < 1.29 is 9.90 Å². The molecular weight excluding hydrogens is 322 g/mol. The van der Waals surface area contributed by atoms with Crippen LogP contribution in [-0.2, 0) is 10.2 Å². The molecule has 1 aromatic rings. The number of hydrogen-bond donors (Lipinski definition) is 2. The third-order valence-electron chi connectivity index (χ3n) is 8.07. The lowest BCUT2D eigenvalue weighted by Crippen LogP contribution is -2.57. The highest BCUT2D eigenvalue weighted by molar-refractivity contribution is 5.86. The molecule has 4 bridgehead atoms. The lowest BCUT2D eigenvalue weighted by atomic mass is 9.42. The van der Waals surface area contributed by atoms with Gasteiger partial charge in [-0.05, 0) is 105 Å². The molecule has 2 atom stereocenters. The van der Waals surface area contributed by atoms with Gasteiger partial charge in [-0.1, -0.05) is 12.1 Å². The number of benzene rings is 1. The van der Waals surface area contributed by atoms with Crippen LogP contribution in [0.5, 0.6) is 5.75 Å². The molecule has 1 aliphatic heterocycles. The van der Waals surface area contributed by atoms with Gasteiger partial charge in [0.05, 0.1) is 0 Å². The maximum absolute atomic E-state index is 13.5. The zero-order valence-corrected chi connectivity index (χ0v) is 15.7. The van der Waals surface area contributed by atoms with Gasteiger partial charge < -0.3 is 10.4 Å². The van der Waals surface area contributed by atoms with Crippen molar-refractivity contribution in [1.29, 1.82) is 0 Å². The molecule has 1 aromatic carbocycles. The third-order valence-corrected chi connectivity index (χ3v) is 8.07. The second-order valence-electron chi connectivity index (χ2n) is 9.89. The van der Waals surface area contributed by atoms with E-state index < -0.39 is 0 Å². The second-order valence-corrected chi connectivity index (χ2v) is 9.89. The zero-order chi connectivity index (χ0) is 17.8. The number of nitrogens with one attached hydrogen (secondary N) is 1. The Morgan fingerprint density at radius 2 is 1.69 bits per heavy atom. The first-order chi connectivity index (χ1) is 12.6. The van der Waals surface area contributed by atoms with Gasteiger partial charge in [0, 0.05) is 11.8 Å². The molecule has 1 saturated heterocycles. The molecule has 140 valence electrons. The highest BCUT2D eigenvalue weighted by Crippen LogP contribution is 2.66. The molecule has 4 aliphatic carbocycles. The average Bonchev–Trinajstić information content (AvgIpc) is 2.62. The number of piperidine rings is 1. The Labute approximate surface area is 156 Å². The minimum atomic E-state index is -0.0488. The smallest absolute Gasteiger partial charge is 0.139 e. The minimum absolute atomic E-state index is 0.0488. The minimum Gasteiger partial charge on any atom is -0.508 e. The molecule has 1 heterocycles. The summed E-state index contributed by atoms with van der Waals surface area (Å²) in [5, 5.41) is 13.1. The number of phenolic OH excluding ortho intramolecular Hbond substituents is 1. The maximum Gasteiger partial charge on any atom is 0.139 e. The van der Waals surface area contributed by atoms with Crippen LogP contribution >= 0.6 is 0 Å². The summed E-state index contributed by atoms with van der Waals surface area (Å²) >= 11 is 0. The van der Waals surface area contributed by atoms with Gasteiger partial charge in [0.1, 0.15) is 11.5 Å². The zero-order valence-electron chi connectivity index (χ0n) is 15.7. The highest BCUT2D eigenvalue weighted by Gasteiger charge is 2.60. The van der Waals surface area contributed by atoms with Crippen LogP contribution in [0.3, 0.4) is 0 Å². The lowest BCUT2D eigenvalue weighted by Gasteiger charge is -2.62. The van der Waals surface area contributed by atoms with Crippen molar-refractivity contribution >= 4 is 5.78 Å². The molecule has 0 spiro atoms. The predicted octanol–water partition coefficient (Wildman–Crippen LogP) is 4.19. The fourth-order valence-electron chi connectivity index (χ4n) is 7.31. The number of aromatic hydroxyl groups is 1. The molecular formula is C23H31NO2. The average molecular weight is 354 g/mol. The van der Waals surface area contributed by atoms with Crippen molar-refractivity contribution in [3.8, 4) is 5.75 Å². The van der Waals surface area contributed by atoms with Crippen LogP contribution in [0.1, 0.15) is 63.4 Å². The first kappa shape index (κ1) is 16.8. The topological polar surface area (TPSA) is 49.3 Å². The maximum atomic E-state index is 13.5. The van der Waals surface area contributed by atoms with Gasteiger partial charge in [-0.3, -0.25) is 4.79 Å². The summed E-state index contributed by atoms with van der Waals surface area (Å²) in [7, 11) is 0. The summed E-state index contributed by atoms with van der Waals surface area (Å²) in [6.07, 6.45) is 10.3. The Morgan fingerprint density at radius 1 is 1.04 bits per heavy atom. The fraction of sp³-hybridized carbons (Fsp3) is 0.696. The molecule has 3 heteroatoms. The Kier molecular flexibility index (Phi) is 3.93. The van der Waals surface area contributed by atoms with Gasteiger partial charge in [-0.15, -0.1) is 0 Å². The molecule has 3 nitrogen and oxygen atoms in total. The predicted molar refractivity (Wildman–Crippen MR) is 102 cm³/mol. The fourth-order valence-corrected chi connectivity index (χ4v) is 7.31. The van der Waals surface area contributed by atoms with Gasteiger partial charge in [0.25, 0.3) is 0 Å². The summed E-state index contributed by atoms with van der Waals surface area (Å²) in [6, 6.07) is 7.90. The number of Topliss-reactive ketones (excluding diaryl/α,β-unsaturated/α-hetero) is 1. The number of carbonyl (C=O) groups excluding carboxylic acids is 1. The number of phenols is 1. The monoisotopic (exact) mass is 353 g/mol. The van der Waals surface area contributed by atoms with E-state index in [9.17, 15) is 9.90 Å². The van der Waals surface area contributed by atoms with Crippen LogP contribution in [0.25, 0.3) is 0 Å². The first-order valence-corrected chi connectivity index (χ1v) is 10.6. The standard InChI is InChI=1S/C23H31NO2/c25-20-3-1-19(2-4-20)22-11-17-9-18(12-22)14-23(13-17,15-22)21(26)10-16-5-7-24-8-6-16/h1-4,16-18,24-25H,5-15H2. The van der Waals surface area contributed by atoms with E-state index in [-0.39, 0.29) is 10.8 Å². The Bertz CT molecular complexity index is 675. The molecule has 2 unspecified atom stereocenters. The van der Waals surface area contributed by atoms with Crippen LogP contribution in [0.15, 0.2) is 24.3 Å². The van der Waals surface area contributed by atoms with Crippen LogP contribution in [0, 0.1) is 23.2 Å². The third kappa shape index (κ3) is 2.70. The number of hydrogen-bond acceptors (Lipinski definition) is 3. The second kappa shape index (κ2) is 6.09. The number of carbonyl (C=O) groups is 1. The summed E-state index contributed by atoms with van der Waals surface area (Å²) in [5.41, 5.74) is 1.50. The summed E-state index contributed by atoms with van der Waals surface area (Å²) < 4.78 is 0. The highest BCUT2D eigenvalue weighted by atomic mass is 16.3. The van der Waals surface area contributed by atoms with Gasteiger partial charge >= 0.3 is 0 Å². The van der Waals surface area contributed by atoms with Gasteiger partial charge in [0.2, 0.25) is 0 Å². The van der Waals surface area contributed by atoms with E-state index in [1.54, 1.807) is 0 Å². The molecule has 6 rings (SSSR count). The number of rotatable bonds is 4. The molecule has 5 fully saturated rings. The quantitative estimate of drug-likeness (QED) is 0.853. The van der Waals surface area contributed by atoms with E-state index in [0.717, 1.165) is 63.5 Å². The number of ketones is 1. The van der Waals surface area contributed by atoms with Gasteiger partial charge in [0.15, 0.2) is 0 Å². The van der Waals surface area contributed by atoms with E-state index in [1.807, 2.05) is 12.1 Å². The van der Waals surface area contributed by atoms with Crippen LogP contribution < -0.4 is 5.32 Å². The van der Waals surface area contributed by atoms with Gasteiger partial charge in [-0.25, -0.2) is 0 Å². The molecule has 2 N–H and O–H groups in total. The molecule has 26 heavy (non-hydrogen) atoms. The largest absolute Gasteiger partial charge is 0.508 e. The van der Waals surface area contributed by atoms with E-state index in [1.165, 1.54) is 24.8 Å². The summed E-state index contributed by atoms with van der Waals surface area (Å²) in [6.45, 7) is 2.15. The van der Waals surface area contributed by atoms with Gasteiger partial charge in [-0.2, -0.15) is 0 Å². The first-order valence-electron chi connectivity index (χ1n) is 10.6. The Balaban J connectivity index is 1.42. The van der Waals surface area contributed by atoms with Crippen molar-refractivity contribution in [2.75, 3.05) is 13.1 Å². The summed E-state index contributed by atoms with van der Waals surface area (Å²) in [4.78, 5) is 13.5. The van der Waals surface area contributed by atoms with Crippen molar-refractivity contribution in [3.63, 3.8) is 0 Å². The molecule has 5 aliphatic rings. The Morgan fingerprint density at radius 3 is 2.35 bits per heavy atom. The van der Waals surface area contributed by atoms with Crippen LogP contribution in [0.4, 0.5) is 0 Å². The molecule has 0 aromatic heterocycles. The van der Waals surface area contributed by atoms with E-state index in [4.69, 9.17) is 0 Å².